The molecule has 108 valence electrons. The minimum absolute atomic E-state index is 0.210. The smallest absolute Gasteiger partial charge is 0.256 e. The second-order valence-corrected chi connectivity index (χ2v) is 6.04. The van der Waals surface area contributed by atoms with Crippen LogP contribution in [0.25, 0.3) is 0 Å². The summed E-state index contributed by atoms with van der Waals surface area (Å²) in [5.41, 5.74) is 1.19. The van der Waals surface area contributed by atoms with E-state index in [-0.39, 0.29) is 5.91 Å². The Morgan fingerprint density at radius 1 is 1.10 bits per heavy atom. The lowest BCUT2D eigenvalue weighted by molar-refractivity contribution is 0.102. The second kappa shape index (κ2) is 6.11. The molecule has 0 spiro atoms. The van der Waals surface area contributed by atoms with E-state index >= 15 is 0 Å². The maximum atomic E-state index is 12.3. The first kappa shape index (κ1) is 14.5. The molecule has 0 unspecified atom stereocenters. The summed E-state index contributed by atoms with van der Waals surface area (Å²) < 4.78 is 11.8. The van der Waals surface area contributed by atoms with Crippen molar-refractivity contribution in [3.8, 4) is 11.5 Å². The van der Waals surface area contributed by atoms with E-state index in [1.54, 1.807) is 30.3 Å². The van der Waals surface area contributed by atoms with Crippen LogP contribution in [-0.2, 0) is 0 Å². The highest BCUT2D eigenvalue weighted by molar-refractivity contribution is 14.1. The van der Waals surface area contributed by atoms with Gasteiger partial charge >= 0.3 is 0 Å². The lowest BCUT2D eigenvalue weighted by atomic mass is 10.2. The zero-order chi connectivity index (χ0) is 14.8. The molecular weight excluding hydrogens is 405 g/mol. The predicted octanol–water partition coefficient (Wildman–Crippen LogP) is 3.97. The van der Waals surface area contributed by atoms with Gasteiger partial charge in [-0.1, -0.05) is 11.6 Å². The van der Waals surface area contributed by atoms with Gasteiger partial charge in [0.15, 0.2) is 11.5 Å². The summed E-state index contributed by atoms with van der Waals surface area (Å²) >= 11 is 8.04. The number of rotatable bonds is 2. The van der Waals surface area contributed by atoms with Crippen molar-refractivity contribution in [3.63, 3.8) is 0 Å². The SMILES string of the molecule is O=C(Nc1ccc2c(c1)OCCO2)c1cc(Cl)ccc1I. The van der Waals surface area contributed by atoms with Crippen molar-refractivity contribution in [2.24, 2.45) is 0 Å². The van der Waals surface area contributed by atoms with Crippen LogP contribution in [0.1, 0.15) is 10.4 Å². The number of amides is 1. The molecule has 2 aromatic rings. The average Bonchev–Trinajstić information content (AvgIpc) is 2.49. The molecule has 2 aromatic carbocycles. The second-order valence-electron chi connectivity index (χ2n) is 4.44. The van der Waals surface area contributed by atoms with Gasteiger partial charge in [-0.05, 0) is 52.9 Å². The Morgan fingerprint density at radius 3 is 2.67 bits per heavy atom. The van der Waals surface area contributed by atoms with Crippen LogP contribution in [0.3, 0.4) is 0 Å². The maximum Gasteiger partial charge on any atom is 0.256 e. The normalized spacial score (nSPS) is 12.9. The predicted molar refractivity (Wildman–Crippen MR) is 89.6 cm³/mol. The van der Waals surface area contributed by atoms with Gasteiger partial charge in [0.05, 0.1) is 5.56 Å². The Balaban J connectivity index is 1.83. The first-order valence-corrected chi connectivity index (χ1v) is 7.75. The number of halogens is 2. The van der Waals surface area contributed by atoms with Crippen molar-refractivity contribution >= 4 is 45.8 Å². The molecule has 3 rings (SSSR count). The van der Waals surface area contributed by atoms with Gasteiger partial charge in [0.25, 0.3) is 5.91 Å². The number of anilines is 1. The summed E-state index contributed by atoms with van der Waals surface area (Å²) in [5, 5.41) is 3.37. The van der Waals surface area contributed by atoms with Crippen molar-refractivity contribution in [3.05, 3.63) is 50.6 Å². The molecule has 0 atom stereocenters. The molecule has 0 aliphatic carbocycles. The van der Waals surface area contributed by atoms with Crippen LogP contribution in [0.15, 0.2) is 36.4 Å². The standard InChI is InChI=1S/C15H11ClINO3/c16-9-1-3-12(17)11(7-9)15(19)18-10-2-4-13-14(8-10)21-6-5-20-13/h1-4,7-8H,5-6H2,(H,18,19). The van der Waals surface area contributed by atoms with Gasteiger partial charge in [-0.2, -0.15) is 0 Å². The van der Waals surface area contributed by atoms with Crippen molar-refractivity contribution < 1.29 is 14.3 Å². The van der Waals surface area contributed by atoms with Crippen LogP contribution in [0.4, 0.5) is 5.69 Å². The lowest BCUT2D eigenvalue weighted by Crippen LogP contribution is -2.17. The minimum atomic E-state index is -0.210. The largest absolute Gasteiger partial charge is 0.486 e. The van der Waals surface area contributed by atoms with Crippen LogP contribution >= 0.6 is 34.2 Å². The molecule has 1 amide bonds. The molecule has 0 radical (unpaired) electrons. The molecular formula is C15H11ClINO3. The number of carbonyl (C=O) groups is 1. The molecule has 0 bridgehead atoms. The topological polar surface area (TPSA) is 47.6 Å². The molecule has 0 saturated carbocycles. The van der Waals surface area contributed by atoms with Gasteiger partial charge in [0, 0.05) is 20.3 Å². The number of carbonyl (C=O) groups excluding carboxylic acids is 1. The van der Waals surface area contributed by atoms with Crippen molar-refractivity contribution in [1.82, 2.24) is 0 Å². The van der Waals surface area contributed by atoms with Crippen molar-refractivity contribution in [2.75, 3.05) is 18.5 Å². The summed E-state index contributed by atoms with van der Waals surface area (Å²) in [6, 6.07) is 10.5. The summed E-state index contributed by atoms with van der Waals surface area (Å²) in [7, 11) is 0. The first-order chi connectivity index (χ1) is 10.1. The third-order valence-electron chi connectivity index (χ3n) is 2.97. The van der Waals surface area contributed by atoms with Gasteiger partial charge in [-0.3, -0.25) is 4.79 Å². The van der Waals surface area contributed by atoms with E-state index in [9.17, 15) is 4.79 Å². The van der Waals surface area contributed by atoms with E-state index < -0.39 is 0 Å². The molecule has 0 fully saturated rings. The monoisotopic (exact) mass is 415 g/mol. The first-order valence-electron chi connectivity index (χ1n) is 6.29. The maximum absolute atomic E-state index is 12.3. The fourth-order valence-corrected chi connectivity index (χ4v) is 2.74. The highest BCUT2D eigenvalue weighted by Crippen LogP contribution is 2.32. The van der Waals surface area contributed by atoms with E-state index in [1.165, 1.54) is 0 Å². The van der Waals surface area contributed by atoms with Crippen molar-refractivity contribution in [1.29, 1.82) is 0 Å². The van der Waals surface area contributed by atoms with E-state index in [2.05, 4.69) is 27.9 Å². The molecule has 1 N–H and O–H groups in total. The molecule has 0 saturated heterocycles. The van der Waals surface area contributed by atoms with Crippen LogP contribution < -0.4 is 14.8 Å². The molecule has 4 nitrogen and oxygen atoms in total. The van der Waals surface area contributed by atoms with Crippen LogP contribution in [0, 0.1) is 3.57 Å². The Hall–Kier alpha value is -1.47. The highest BCUT2D eigenvalue weighted by Gasteiger charge is 2.15. The third-order valence-corrected chi connectivity index (χ3v) is 4.15. The number of benzene rings is 2. The Kier molecular flexibility index (Phi) is 4.21. The van der Waals surface area contributed by atoms with E-state index in [0.717, 1.165) is 3.57 Å². The molecule has 1 aliphatic heterocycles. The lowest BCUT2D eigenvalue weighted by Gasteiger charge is -2.19. The number of nitrogens with one attached hydrogen (secondary N) is 1. The van der Waals surface area contributed by atoms with Gasteiger partial charge in [0.2, 0.25) is 0 Å². The van der Waals surface area contributed by atoms with E-state index in [4.69, 9.17) is 21.1 Å². The molecule has 21 heavy (non-hydrogen) atoms. The third kappa shape index (κ3) is 3.24. The Bertz CT molecular complexity index is 705. The van der Waals surface area contributed by atoms with Gasteiger partial charge in [-0.15, -0.1) is 0 Å². The van der Waals surface area contributed by atoms with Gasteiger partial charge in [-0.25, -0.2) is 0 Å². The summed E-state index contributed by atoms with van der Waals surface area (Å²) in [5.74, 6) is 1.12. The Labute approximate surface area is 140 Å². The zero-order valence-electron chi connectivity index (χ0n) is 10.9. The average molecular weight is 416 g/mol. The molecule has 1 aliphatic rings. The number of hydrogen-bond donors (Lipinski definition) is 1. The van der Waals surface area contributed by atoms with Gasteiger partial charge in [0.1, 0.15) is 13.2 Å². The Morgan fingerprint density at radius 2 is 1.86 bits per heavy atom. The van der Waals surface area contributed by atoms with Crippen LogP contribution in [0.5, 0.6) is 11.5 Å². The molecule has 0 aromatic heterocycles. The number of ether oxygens (including phenoxy) is 2. The van der Waals surface area contributed by atoms with E-state index in [0.29, 0.717) is 41.0 Å². The minimum Gasteiger partial charge on any atom is -0.486 e. The van der Waals surface area contributed by atoms with Crippen LogP contribution in [0.2, 0.25) is 5.02 Å². The fraction of sp³-hybridized carbons (Fsp3) is 0.133. The highest BCUT2D eigenvalue weighted by atomic mass is 127. The summed E-state index contributed by atoms with van der Waals surface area (Å²) in [6.07, 6.45) is 0. The number of hydrogen-bond acceptors (Lipinski definition) is 3. The molecule has 1 heterocycles. The van der Waals surface area contributed by atoms with E-state index in [1.807, 2.05) is 6.07 Å². The zero-order valence-corrected chi connectivity index (χ0v) is 13.8. The quantitative estimate of drug-likeness (QED) is 0.755. The summed E-state index contributed by atoms with van der Waals surface area (Å²) in [6.45, 7) is 1.05. The molecule has 6 heteroatoms. The van der Waals surface area contributed by atoms with Crippen LogP contribution in [-0.4, -0.2) is 19.1 Å². The van der Waals surface area contributed by atoms with Gasteiger partial charge < -0.3 is 14.8 Å². The van der Waals surface area contributed by atoms with Crippen molar-refractivity contribution in [2.45, 2.75) is 0 Å². The summed E-state index contributed by atoms with van der Waals surface area (Å²) in [4.78, 5) is 12.3. The number of fused-ring (bicyclic) bond motifs is 1. The fourth-order valence-electron chi connectivity index (χ4n) is 1.99.